The molecule has 3 aromatic rings. The van der Waals surface area contributed by atoms with Crippen LogP contribution in [-0.4, -0.2) is 81.9 Å². The van der Waals surface area contributed by atoms with Crippen LogP contribution in [0, 0.1) is 5.82 Å². The van der Waals surface area contributed by atoms with E-state index in [1.807, 2.05) is 4.90 Å². The van der Waals surface area contributed by atoms with Gasteiger partial charge in [-0.15, -0.1) is 0 Å². The Morgan fingerprint density at radius 1 is 1.08 bits per heavy atom. The molecule has 1 aromatic carbocycles. The summed E-state index contributed by atoms with van der Waals surface area (Å²) in [4.78, 5) is 47.6. The number of hydrogen-bond donors (Lipinski definition) is 2. The molecule has 0 bridgehead atoms. The number of benzene rings is 1. The van der Waals surface area contributed by atoms with E-state index in [2.05, 4.69) is 4.98 Å². The van der Waals surface area contributed by atoms with Gasteiger partial charge in [-0.05, 0) is 48.6 Å². The first-order valence-electron chi connectivity index (χ1n) is 13.2. The number of hydrogen-bond acceptors (Lipinski definition) is 7. The Bertz CT molecular complexity index is 1430. The van der Waals surface area contributed by atoms with Crippen molar-refractivity contribution in [3.8, 4) is 0 Å². The van der Waals surface area contributed by atoms with E-state index in [0.29, 0.717) is 56.8 Å². The third kappa shape index (κ3) is 5.85. The van der Waals surface area contributed by atoms with Crippen LogP contribution in [0.5, 0.6) is 0 Å². The van der Waals surface area contributed by atoms with E-state index in [1.165, 1.54) is 16.7 Å². The molecule has 4 heterocycles. The molecule has 5 rings (SSSR count). The van der Waals surface area contributed by atoms with Crippen LogP contribution in [0.1, 0.15) is 39.9 Å². The van der Waals surface area contributed by atoms with Crippen molar-refractivity contribution in [2.45, 2.75) is 38.5 Å². The summed E-state index contributed by atoms with van der Waals surface area (Å²) in [6.07, 6.45) is 2.80. The van der Waals surface area contributed by atoms with Crippen molar-refractivity contribution in [3.63, 3.8) is 0 Å². The molecular formula is C28H32FN5O5. The zero-order valence-electron chi connectivity index (χ0n) is 21.6. The summed E-state index contributed by atoms with van der Waals surface area (Å²) in [5.41, 5.74) is 7.28. The van der Waals surface area contributed by atoms with Crippen molar-refractivity contribution >= 4 is 22.8 Å². The second-order valence-electron chi connectivity index (χ2n) is 10.0. The fourth-order valence-electron chi connectivity index (χ4n) is 5.36. The van der Waals surface area contributed by atoms with Crippen LogP contribution in [0.2, 0.25) is 0 Å². The number of aliphatic hydroxyl groups is 1. The van der Waals surface area contributed by atoms with Gasteiger partial charge in [0.25, 0.3) is 11.5 Å². The minimum Gasteiger partial charge on any atom is -0.379 e. The SMILES string of the molecule is NC(=O)c1c(CC(O)N2CCOCC2)c2ncc(Cc3ccc(F)cc3)cc2n(CC(=O)N2CCCC2)c1=O. The Morgan fingerprint density at radius 2 is 1.77 bits per heavy atom. The minimum absolute atomic E-state index is 0.0464. The van der Waals surface area contributed by atoms with Gasteiger partial charge in [0.1, 0.15) is 24.2 Å². The second-order valence-corrected chi connectivity index (χ2v) is 10.0. The van der Waals surface area contributed by atoms with E-state index in [1.54, 1.807) is 29.3 Å². The van der Waals surface area contributed by atoms with Gasteiger partial charge in [0.05, 0.1) is 24.2 Å². The lowest BCUT2D eigenvalue weighted by molar-refractivity contribution is -0.130. The zero-order chi connectivity index (χ0) is 27.5. The van der Waals surface area contributed by atoms with Gasteiger partial charge in [-0.3, -0.25) is 28.8 Å². The number of ether oxygens (including phenoxy) is 1. The van der Waals surface area contributed by atoms with Crippen molar-refractivity contribution in [2.24, 2.45) is 5.73 Å². The third-order valence-electron chi connectivity index (χ3n) is 7.44. The van der Waals surface area contributed by atoms with Crippen molar-refractivity contribution < 1.29 is 23.8 Å². The first kappa shape index (κ1) is 26.9. The first-order chi connectivity index (χ1) is 18.8. The van der Waals surface area contributed by atoms with Crippen molar-refractivity contribution in [1.82, 2.24) is 19.4 Å². The maximum atomic E-state index is 13.8. The zero-order valence-corrected chi connectivity index (χ0v) is 21.6. The van der Waals surface area contributed by atoms with Gasteiger partial charge in [0.15, 0.2) is 0 Å². The molecule has 2 amide bonds. The van der Waals surface area contributed by atoms with Gasteiger partial charge in [0.2, 0.25) is 5.91 Å². The van der Waals surface area contributed by atoms with Crippen LogP contribution in [0.15, 0.2) is 41.3 Å². The molecule has 2 saturated heterocycles. The predicted molar refractivity (Wildman–Crippen MR) is 142 cm³/mol. The molecule has 206 valence electrons. The molecule has 0 aliphatic carbocycles. The summed E-state index contributed by atoms with van der Waals surface area (Å²) >= 11 is 0. The first-order valence-corrected chi connectivity index (χ1v) is 13.2. The van der Waals surface area contributed by atoms with Gasteiger partial charge < -0.3 is 20.5 Å². The standard InChI is InChI=1S/C28H32FN5O5/c29-20-5-3-18(4-6-20)13-19-14-22-26(31-16-19)21(15-23(35)33-9-11-39-12-10-33)25(27(30)37)28(38)34(22)17-24(36)32-7-1-2-8-32/h3-6,14,16,23,35H,1-2,7-13,15,17H2,(H2,30,37). The van der Waals surface area contributed by atoms with E-state index in [-0.39, 0.29) is 35.8 Å². The van der Waals surface area contributed by atoms with Gasteiger partial charge in [-0.25, -0.2) is 4.39 Å². The third-order valence-corrected chi connectivity index (χ3v) is 7.44. The Kier molecular flexibility index (Phi) is 8.01. The maximum Gasteiger partial charge on any atom is 0.264 e. The predicted octanol–water partition coefficient (Wildman–Crippen LogP) is 1.04. The number of aromatic nitrogens is 2. The molecule has 2 aromatic heterocycles. The molecule has 0 radical (unpaired) electrons. The summed E-state index contributed by atoms with van der Waals surface area (Å²) in [5, 5.41) is 11.0. The van der Waals surface area contributed by atoms with Gasteiger partial charge in [0, 0.05) is 44.4 Å². The summed E-state index contributed by atoms with van der Waals surface area (Å²) in [5.74, 6) is -1.51. The van der Waals surface area contributed by atoms with E-state index in [4.69, 9.17) is 10.5 Å². The Balaban J connectivity index is 1.61. The van der Waals surface area contributed by atoms with Crippen LogP contribution in [-0.2, 0) is 28.9 Å². The highest BCUT2D eigenvalue weighted by Gasteiger charge is 2.28. The van der Waals surface area contributed by atoms with Crippen molar-refractivity contribution in [2.75, 3.05) is 39.4 Å². The molecule has 2 aliphatic heterocycles. The number of carbonyl (C=O) groups excluding carboxylic acids is 2. The van der Waals surface area contributed by atoms with Crippen molar-refractivity contribution in [1.29, 1.82) is 0 Å². The van der Waals surface area contributed by atoms with E-state index < -0.39 is 17.7 Å². The summed E-state index contributed by atoms with van der Waals surface area (Å²) in [7, 11) is 0. The smallest absolute Gasteiger partial charge is 0.264 e. The Hall–Kier alpha value is -3.67. The quantitative estimate of drug-likeness (QED) is 0.439. The summed E-state index contributed by atoms with van der Waals surface area (Å²) in [6.45, 7) is 2.91. The summed E-state index contributed by atoms with van der Waals surface area (Å²) in [6, 6.07) is 7.85. The van der Waals surface area contributed by atoms with Crippen LogP contribution in [0.4, 0.5) is 4.39 Å². The molecule has 10 nitrogen and oxygen atoms in total. The Morgan fingerprint density at radius 3 is 2.44 bits per heavy atom. The Labute approximate surface area is 224 Å². The fraction of sp³-hybridized carbons (Fsp3) is 0.429. The molecule has 0 spiro atoms. The number of rotatable bonds is 8. The average Bonchev–Trinajstić information content (AvgIpc) is 3.48. The monoisotopic (exact) mass is 537 g/mol. The fourth-order valence-corrected chi connectivity index (χ4v) is 5.36. The number of fused-ring (bicyclic) bond motifs is 1. The van der Waals surface area contributed by atoms with Crippen LogP contribution in [0.25, 0.3) is 11.0 Å². The van der Waals surface area contributed by atoms with E-state index in [0.717, 1.165) is 24.0 Å². The normalized spacial score (nSPS) is 17.0. The summed E-state index contributed by atoms with van der Waals surface area (Å²) < 4.78 is 20.0. The molecular weight excluding hydrogens is 505 g/mol. The lowest BCUT2D eigenvalue weighted by atomic mass is 9.99. The van der Waals surface area contributed by atoms with E-state index >= 15 is 0 Å². The lowest BCUT2D eigenvalue weighted by Gasteiger charge is -2.31. The number of carbonyl (C=O) groups is 2. The average molecular weight is 538 g/mol. The number of morpholine rings is 1. The highest BCUT2D eigenvalue weighted by Crippen LogP contribution is 2.24. The largest absolute Gasteiger partial charge is 0.379 e. The van der Waals surface area contributed by atoms with Gasteiger partial charge in [-0.1, -0.05) is 12.1 Å². The lowest BCUT2D eigenvalue weighted by Crippen LogP contribution is -2.45. The molecule has 11 heteroatoms. The topological polar surface area (TPSA) is 131 Å². The number of nitrogens with two attached hydrogens (primary N) is 1. The van der Waals surface area contributed by atoms with Gasteiger partial charge in [-0.2, -0.15) is 0 Å². The van der Waals surface area contributed by atoms with Crippen LogP contribution in [0.3, 0.4) is 0 Å². The molecule has 39 heavy (non-hydrogen) atoms. The number of primary amides is 1. The molecule has 1 atom stereocenters. The second kappa shape index (κ2) is 11.6. The molecule has 2 fully saturated rings. The molecule has 2 aliphatic rings. The number of aliphatic hydroxyl groups excluding tert-OH is 1. The molecule has 3 N–H and O–H groups in total. The minimum atomic E-state index is -0.989. The van der Waals surface area contributed by atoms with Crippen LogP contribution < -0.4 is 11.3 Å². The highest BCUT2D eigenvalue weighted by molar-refractivity contribution is 5.98. The maximum absolute atomic E-state index is 13.8. The number of likely N-dealkylation sites (tertiary alicyclic amines) is 1. The number of nitrogens with zero attached hydrogens (tertiary/aromatic N) is 4. The van der Waals surface area contributed by atoms with Gasteiger partial charge >= 0.3 is 0 Å². The van der Waals surface area contributed by atoms with Crippen molar-refractivity contribution in [3.05, 3.63) is 75.0 Å². The number of amides is 2. The van der Waals surface area contributed by atoms with E-state index in [9.17, 15) is 23.9 Å². The highest BCUT2D eigenvalue weighted by atomic mass is 19.1. The molecule has 0 saturated carbocycles. The number of halogens is 1. The molecule has 1 unspecified atom stereocenters. The van der Waals surface area contributed by atoms with Crippen LogP contribution >= 0.6 is 0 Å². The number of pyridine rings is 2.